The van der Waals surface area contributed by atoms with Gasteiger partial charge < -0.3 is 0 Å². The predicted molar refractivity (Wildman–Crippen MR) is 62.3 cm³/mol. The van der Waals surface area contributed by atoms with E-state index in [4.69, 9.17) is 5.84 Å². The van der Waals surface area contributed by atoms with Crippen LogP contribution in [0.25, 0.3) is 0 Å². The SMILES string of the molecule is Cc1ccc(F)c(C(NN)c2ncccn2)c1F. The van der Waals surface area contributed by atoms with Gasteiger partial charge in [0, 0.05) is 18.0 Å². The predicted octanol–water partition coefficient (Wildman–Crippen LogP) is 1.62. The molecule has 0 aliphatic carbocycles. The van der Waals surface area contributed by atoms with Gasteiger partial charge in [0.05, 0.1) is 0 Å². The van der Waals surface area contributed by atoms with Crippen molar-refractivity contribution in [2.45, 2.75) is 13.0 Å². The Kier molecular flexibility index (Phi) is 3.59. The van der Waals surface area contributed by atoms with Crippen molar-refractivity contribution in [3.05, 3.63) is 59.2 Å². The molecule has 1 unspecified atom stereocenters. The van der Waals surface area contributed by atoms with Crippen molar-refractivity contribution in [1.82, 2.24) is 15.4 Å². The summed E-state index contributed by atoms with van der Waals surface area (Å²) in [5.74, 6) is 4.24. The van der Waals surface area contributed by atoms with E-state index < -0.39 is 17.7 Å². The maximum Gasteiger partial charge on any atom is 0.151 e. The normalized spacial score (nSPS) is 12.4. The molecule has 0 bridgehead atoms. The van der Waals surface area contributed by atoms with Crippen LogP contribution in [0.15, 0.2) is 30.6 Å². The van der Waals surface area contributed by atoms with Crippen molar-refractivity contribution in [3.8, 4) is 0 Å². The van der Waals surface area contributed by atoms with Crippen LogP contribution >= 0.6 is 0 Å². The minimum Gasteiger partial charge on any atom is -0.270 e. The third-order valence-corrected chi connectivity index (χ3v) is 2.62. The molecular formula is C12H12F2N4. The van der Waals surface area contributed by atoms with Gasteiger partial charge in [-0.3, -0.25) is 5.84 Å². The molecule has 0 saturated carbocycles. The molecule has 0 spiro atoms. The van der Waals surface area contributed by atoms with Crippen LogP contribution in [0.5, 0.6) is 0 Å². The number of hydrogen-bond donors (Lipinski definition) is 2. The maximum atomic E-state index is 14.0. The van der Waals surface area contributed by atoms with Crippen molar-refractivity contribution in [1.29, 1.82) is 0 Å². The van der Waals surface area contributed by atoms with E-state index in [0.717, 1.165) is 0 Å². The van der Waals surface area contributed by atoms with Crippen LogP contribution in [0.2, 0.25) is 0 Å². The summed E-state index contributed by atoms with van der Waals surface area (Å²) >= 11 is 0. The number of aromatic nitrogens is 2. The Bertz CT molecular complexity index is 545. The molecule has 0 aliphatic heterocycles. The molecule has 0 aliphatic rings. The molecule has 1 heterocycles. The molecule has 1 atom stereocenters. The lowest BCUT2D eigenvalue weighted by molar-refractivity contribution is 0.495. The summed E-state index contributed by atoms with van der Waals surface area (Å²) in [5.41, 5.74) is 2.50. The first-order chi connectivity index (χ1) is 8.65. The highest BCUT2D eigenvalue weighted by Gasteiger charge is 2.24. The standard InChI is InChI=1S/C12H12F2N4/c1-7-3-4-8(13)9(10(7)14)11(18-15)12-16-5-2-6-17-12/h2-6,11,18H,15H2,1H3. The lowest BCUT2D eigenvalue weighted by Gasteiger charge is -2.17. The van der Waals surface area contributed by atoms with E-state index >= 15 is 0 Å². The Hall–Kier alpha value is -1.92. The van der Waals surface area contributed by atoms with Crippen molar-refractivity contribution < 1.29 is 8.78 Å². The molecule has 1 aromatic carbocycles. The molecule has 0 saturated heterocycles. The lowest BCUT2D eigenvalue weighted by Crippen LogP contribution is -2.31. The zero-order chi connectivity index (χ0) is 13.1. The highest BCUT2D eigenvalue weighted by Crippen LogP contribution is 2.25. The topological polar surface area (TPSA) is 63.8 Å². The highest BCUT2D eigenvalue weighted by molar-refractivity contribution is 5.32. The Balaban J connectivity index is 2.56. The maximum absolute atomic E-state index is 14.0. The number of benzene rings is 1. The van der Waals surface area contributed by atoms with E-state index in [9.17, 15) is 8.78 Å². The Morgan fingerprint density at radius 3 is 2.50 bits per heavy atom. The second-order valence-electron chi connectivity index (χ2n) is 3.80. The van der Waals surface area contributed by atoms with Gasteiger partial charge in [-0.05, 0) is 24.6 Å². The van der Waals surface area contributed by atoms with E-state index in [2.05, 4.69) is 15.4 Å². The number of rotatable bonds is 3. The first-order valence-corrected chi connectivity index (χ1v) is 5.32. The molecule has 0 fully saturated rings. The third-order valence-electron chi connectivity index (χ3n) is 2.62. The molecule has 6 heteroatoms. The Morgan fingerprint density at radius 1 is 1.22 bits per heavy atom. The van der Waals surface area contributed by atoms with Crippen LogP contribution in [-0.2, 0) is 0 Å². The summed E-state index contributed by atoms with van der Waals surface area (Å²) in [5, 5.41) is 0. The van der Waals surface area contributed by atoms with Gasteiger partial charge in [0.1, 0.15) is 17.7 Å². The number of halogens is 2. The van der Waals surface area contributed by atoms with Gasteiger partial charge in [0.2, 0.25) is 0 Å². The van der Waals surface area contributed by atoms with Gasteiger partial charge in [-0.1, -0.05) is 6.07 Å². The molecule has 2 aromatic rings. The van der Waals surface area contributed by atoms with E-state index in [1.165, 1.54) is 24.5 Å². The minimum atomic E-state index is -0.925. The van der Waals surface area contributed by atoms with Crippen LogP contribution in [0.4, 0.5) is 8.78 Å². The summed E-state index contributed by atoms with van der Waals surface area (Å²) in [6, 6.07) is 3.25. The summed E-state index contributed by atoms with van der Waals surface area (Å²) in [6.45, 7) is 1.55. The number of nitrogens with one attached hydrogen (secondary N) is 1. The number of aryl methyl sites for hydroxylation is 1. The lowest BCUT2D eigenvalue weighted by atomic mass is 10.0. The smallest absolute Gasteiger partial charge is 0.151 e. The van der Waals surface area contributed by atoms with E-state index in [1.807, 2.05) is 0 Å². The number of hydrogen-bond acceptors (Lipinski definition) is 4. The van der Waals surface area contributed by atoms with Gasteiger partial charge in [-0.2, -0.15) is 0 Å². The summed E-state index contributed by atoms with van der Waals surface area (Å²) in [7, 11) is 0. The average Bonchev–Trinajstić information content (AvgIpc) is 2.40. The largest absolute Gasteiger partial charge is 0.270 e. The van der Waals surface area contributed by atoms with Gasteiger partial charge >= 0.3 is 0 Å². The zero-order valence-electron chi connectivity index (χ0n) is 9.69. The fourth-order valence-corrected chi connectivity index (χ4v) is 1.69. The Labute approximate surface area is 103 Å². The summed E-state index contributed by atoms with van der Waals surface area (Å²) in [4.78, 5) is 7.90. The molecule has 2 rings (SSSR count). The quantitative estimate of drug-likeness (QED) is 0.641. The second-order valence-corrected chi connectivity index (χ2v) is 3.80. The third kappa shape index (κ3) is 2.20. The molecular weight excluding hydrogens is 238 g/mol. The fourth-order valence-electron chi connectivity index (χ4n) is 1.69. The molecule has 94 valence electrons. The molecule has 18 heavy (non-hydrogen) atoms. The number of nitrogens with two attached hydrogens (primary N) is 1. The fraction of sp³-hybridized carbons (Fsp3) is 0.167. The van der Waals surface area contributed by atoms with Crippen molar-refractivity contribution in [2.24, 2.45) is 5.84 Å². The van der Waals surface area contributed by atoms with Crippen molar-refractivity contribution >= 4 is 0 Å². The van der Waals surface area contributed by atoms with Crippen LogP contribution < -0.4 is 11.3 Å². The van der Waals surface area contributed by atoms with Crippen LogP contribution in [-0.4, -0.2) is 9.97 Å². The zero-order valence-corrected chi connectivity index (χ0v) is 9.69. The summed E-state index contributed by atoms with van der Waals surface area (Å²) in [6.07, 6.45) is 2.97. The van der Waals surface area contributed by atoms with Crippen LogP contribution in [0.1, 0.15) is 23.0 Å². The van der Waals surface area contributed by atoms with Crippen molar-refractivity contribution in [2.75, 3.05) is 0 Å². The minimum absolute atomic E-state index is 0.177. The molecule has 0 amide bonds. The van der Waals surface area contributed by atoms with E-state index in [0.29, 0.717) is 5.56 Å². The van der Waals surface area contributed by atoms with Crippen LogP contribution in [0, 0.1) is 18.6 Å². The molecule has 0 radical (unpaired) electrons. The van der Waals surface area contributed by atoms with Gasteiger partial charge in [-0.25, -0.2) is 24.2 Å². The number of hydrazine groups is 1. The van der Waals surface area contributed by atoms with Gasteiger partial charge in [-0.15, -0.1) is 0 Å². The first kappa shape index (κ1) is 12.5. The molecule has 1 aromatic heterocycles. The molecule has 3 N–H and O–H groups in total. The number of nitrogens with zero attached hydrogens (tertiary/aromatic N) is 2. The highest BCUT2D eigenvalue weighted by atomic mass is 19.1. The monoisotopic (exact) mass is 250 g/mol. The van der Waals surface area contributed by atoms with Crippen molar-refractivity contribution in [3.63, 3.8) is 0 Å². The average molecular weight is 250 g/mol. The van der Waals surface area contributed by atoms with E-state index in [-0.39, 0.29) is 11.4 Å². The second kappa shape index (κ2) is 5.16. The van der Waals surface area contributed by atoms with Gasteiger partial charge in [0.15, 0.2) is 5.82 Å². The first-order valence-electron chi connectivity index (χ1n) is 5.32. The molecule has 4 nitrogen and oxygen atoms in total. The van der Waals surface area contributed by atoms with Gasteiger partial charge in [0.25, 0.3) is 0 Å². The Morgan fingerprint density at radius 2 is 1.89 bits per heavy atom. The van der Waals surface area contributed by atoms with E-state index in [1.54, 1.807) is 13.0 Å². The summed E-state index contributed by atoms with van der Waals surface area (Å²) < 4.78 is 27.8. The van der Waals surface area contributed by atoms with Crippen LogP contribution in [0.3, 0.4) is 0 Å².